The van der Waals surface area contributed by atoms with Crippen molar-refractivity contribution in [3.05, 3.63) is 63.7 Å². The number of hydrogen-bond acceptors (Lipinski definition) is 6. The molecule has 25 heavy (non-hydrogen) atoms. The van der Waals surface area contributed by atoms with Crippen LogP contribution in [0.5, 0.6) is 11.5 Å². The van der Waals surface area contributed by atoms with Gasteiger partial charge in [-0.3, -0.25) is 14.9 Å². The van der Waals surface area contributed by atoms with Crippen LogP contribution in [0.3, 0.4) is 0 Å². The number of nitro benzene ring substituents is 1. The molecule has 0 unspecified atom stereocenters. The van der Waals surface area contributed by atoms with Crippen LogP contribution < -0.4 is 10.1 Å². The summed E-state index contributed by atoms with van der Waals surface area (Å²) in [4.78, 5) is 22.2. The lowest BCUT2D eigenvalue weighted by Gasteiger charge is -2.05. The van der Waals surface area contributed by atoms with Crippen molar-refractivity contribution in [2.75, 3.05) is 12.4 Å². The Kier molecular flexibility index (Phi) is 5.32. The summed E-state index contributed by atoms with van der Waals surface area (Å²) in [5, 5.41) is 32.0. The van der Waals surface area contributed by atoms with Crippen molar-refractivity contribution in [3.8, 4) is 17.6 Å². The first-order chi connectivity index (χ1) is 11.9. The van der Waals surface area contributed by atoms with Gasteiger partial charge in [-0.05, 0) is 42.0 Å². The number of phenolic OH excluding ortho intramolecular Hbond substituents is 1. The van der Waals surface area contributed by atoms with Crippen LogP contribution in [0.2, 0.25) is 0 Å². The topological polar surface area (TPSA) is 125 Å². The summed E-state index contributed by atoms with van der Waals surface area (Å²) >= 11 is 0. The van der Waals surface area contributed by atoms with Crippen molar-refractivity contribution in [2.24, 2.45) is 0 Å². The quantitative estimate of drug-likeness (QED) is 0.373. The molecular weight excluding hydrogens is 326 g/mol. The number of ether oxygens (including phenoxy) is 1. The lowest BCUT2D eigenvalue weighted by molar-refractivity contribution is -0.385. The van der Waals surface area contributed by atoms with Gasteiger partial charge < -0.3 is 15.2 Å². The molecule has 126 valence electrons. The number of nitrogens with zero attached hydrogens (tertiary/aromatic N) is 2. The number of phenols is 1. The third-order valence-electron chi connectivity index (χ3n) is 3.22. The van der Waals surface area contributed by atoms with Gasteiger partial charge >= 0.3 is 5.69 Å². The van der Waals surface area contributed by atoms with Crippen LogP contribution in [0.4, 0.5) is 11.4 Å². The van der Waals surface area contributed by atoms with Gasteiger partial charge in [0, 0.05) is 11.8 Å². The van der Waals surface area contributed by atoms with Crippen LogP contribution in [0.1, 0.15) is 5.56 Å². The van der Waals surface area contributed by atoms with Crippen LogP contribution in [0.25, 0.3) is 6.08 Å². The van der Waals surface area contributed by atoms with Gasteiger partial charge in [0.25, 0.3) is 5.91 Å². The van der Waals surface area contributed by atoms with Crippen LogP contribution in [0.15, 0.2) is 48.0 Å². The largest absolute Gasteiger partial charge is 0.502 e. The third-order valence-corrected chi connectivity index (χ3v) is 3.22. The third kappa shape index (κ3) is 4.33. The number of anilines is 1. The predicted octanol–water partition coefficient (Wildman–Crippen LogP) is 2.85. The first kappa shape index (κ1) is 17.5. The van der Waals surface area contributed by atoms with Crippen LogP contribution in [0, 0.1) is 21.4 Å². The first-order valence-electron chi connectivity index (χ1n) is 6.99. The molecule has 0 atom stereocenters. The molecule has 0 aliphatic carbocycles. The second-order valence-corrected chi connectivity index (χ2v) is 4.86. The fourth-order valence-electron chi connectivity index (χ4n) is 1.96. The Morgan fingerprint density at radius 1 is 1.32 bits per heavy atom. The molecule has 0 fully saturated rings. The molecule has 0 bridgehead atoms. The van der Waals surface area contributed by atoms with E-state index in [1.807, 2.05) is 0 Å². The van der Waals surface area contributed by atoms with Gasteiger partial charge in [0.2, 0.25) is 0 Å². The van der Waals surface area contributed by atoms with Crippen molar-refractivity contribution in [2.45, 2.75) is 0 Å². The Hall–Kier alpha value is -3.86. The zero-order chi connectivity index (χ0) is 18.4. The molecular formula is C17H13N3O5. The van der Waals surface area contributed by atoms with Gasteiger partial charge in [-0.2, -0.15) is 5.26 Å². The lowest BCUT2D eigenvalue weighted by atomic mass is 10.1. The number of methoxy groups -OCH3 is 1. The molecule has 2 aromatic rings. The van der Waals surface area contributed by atoms with E-state index in [0.29, 0.717) is 11.4 Å². The molecule has 0 aliphatic rings. The fraction of sp³-hybridized carbons (Fsp3) is 0.0588. The van der Waals surface area contributed by atoms with Gasteiger partial charge in [-0.25, -0.2) is 0 Å². The second kappa shape index (κ2) is 7.61. The number of aromatic hydroxyl groups is 1. The van der Waals surface area contributed by atoms with E-state index in [-0.39, 0.29) is 11.1 Å². The summed E-state index contributed by atoms with van der Waals surface area (Å²) in [6.07, 6.45) is 1.20. The van der Waals surface area contributed by atoms with Gasteiger partial charge in [-0.1, -0.05) is 6.07 Å². The molecule has 1 amide bonds. The first-order valence-corrected chi connectivity index (χ1v) is 6.99. The van der Waals surface area contributed by atoms with E-state index in [2.05, 4.69) is 5.32 Å². The van der Waals surface area contributed by atoms with Gasteiger partial charge in [0.1, 0.15) is 17.4 Å². The number of nitro groups is 1. The number of nitriles is 1. The highest BCUT2D eigenvalue weighted by Crippen LogP contribution is 2.27. The number of nitrogens with one attached hydrogen (secondary N) is 1. The Morgan fingerprint density at radius 2 is 2.00 bits per heavy atom. The molecule has 0 saturated heterocycles. The van der Waals surface area contributed by atoms with Crippen molar-refractivity contribution in [3.63, 3.8) is 0 Å². The van der Waals surface area contributed by atoms with E-state index >= 15 is 0 Å². The number of amides is 1. The number of carbonyl (C=O) groups excluding carboxylic acids is 1. The Balaban J connectivity index is 2.24. The highest BCUT2D eigenvalue weighted by Gasteiger charge is 2.15. The molecule has 0 spiro atoms. The fourth-order valence-corrected chi connectivity index (χ4v) is 1.96. The lowest BCUT2D eigenvalue weighted by Crippen LogP contribution is -2.13. The number of hydrogen-bond donors (Lipinski definition) is 2. The Bertz CT molecular complexity index is 882. The minimum atomic E-state index is -0.754. The normalized spacial score (nSPS) is 10.6. The average Bonchev–Trinajstić information content (AvgIpc) is 2.61. The summed E-state index contributed by atoms with van der Waals surface area (Å²) in [7, 11) is 1.51. The van der Waals surface area contributed by atoms with Gasteiger partial charge in [0.05, 0.1) is 12.0 Å². The number of rotatable bonds is 5. The van der Waals surface area contributed by atoms with Crippen molar-refractivity contribution in [1.82, 2.24) is 0 Å². The minimum Gasteiger partial charge on any atom is -0.502 e. The van der Waals surface area contributed by atoms with Crippen molar-refractivity contribution in [1.29, 1.82) is 5.26 Å². The summed E-state index contributed by atoms with van der Waals surface area (Å²) in [6, 6.07) is 11.8. The highest BCUT2D eigenvalue weighted by atomic mass is 16.6. The van der Waals surface area contributed by atoms with Crippen LogP contribution in [-0.2, 0) is 4.79 Å². The van der Waals surface area contributed by atoms with E-state index in [1.165, 1.54) is 19.3 Å². The molecule has 2 N–H and O–H groups in total. The zero-order valence-corrected chi connectivity index (χ0v) is 13.1. The van der Waals surface area contributed by atoms with Gasteiger partial charge in [0.15, 0.2) is 5.75 Å². The zero-order valence-electron chi connectivity index (χ0n) is 13.1. The molecule has 8 nitrogen and oxygen atoms in total. The van der Waals surface area contributed by atoms with Crippen LogP contribution >= 0.6 is 0 Å². The van der Waals surface area contributed by atoms with Crippen LogP contribution in [-0.4, -0.2) is 23.0 Å². The molecule has 0 saturated carbocycles. The average molecular weight is 339 g/mol. The Morgan fingerprint density at radius 3 is 2.56 bits per heavy atom. The summed E-state index contributed by atoms with van der Waals surface area (Å²) < 4.78 is 5.01. The summed E-state index contributed by atoms with van der Waals surface area (Å²) in [5.41, 5.74) is -0.0491. The van der Waals surface area contributed by atoms with E-state index in [4.69, 9.17) is 10.00 Å². The van der Waals surface area contributed by atoms with E-state index < -0.39 is 22.3 Å². The maximum absolute atomic E-state index is 12.2. The SMILES string of the molecule is COc1ccc(NC(=O)/C(C#N)=C/c2ccc(O)c([N+](=O)[O-])c2)cc1. The molecule has 0 heterocycles. The predicted molar refractivity (Wildman–Crippen MR) is 90.0 cm³/mol. The van der Waals surface area contributed by atoms with E-state index in [9.17, 15) is 20.0 Å². The van der Waals surface area contributed by atoms with E-state index in [0.717, 1.165) is 12.1 Å². The molecule has 2 aromatic carbocycles. The second-order valence-electron chi connectivity index (χ2n) is 4.86. The minimum absolute atomic E-state index is 0.240. The molecule has 2 rings (SSSR count). The Labute approximate surface area is 142 Å². The van der Waals surface area contributed by atoms with Crippen molar-refractivity contribution >= 4 is 23.4 Å². The summed E-state index contributed by atoms with van der Waals surface area (Å²) in [6.45, 7) is 0. The molecule has 0 radical (unpaired) electrons. The monoisotopic (exact) mass is 339 g/mol. The molecule has 0 aliphatic heterocycles. The number of carbonyl (C=O) groups is 1. The van der Waals surface area contributed by atoms with E-state index in [1.54, 1.807) is 30.3 Å². The smallest absolute Gasteiger partial charge is 0.311 e. The molecule has 8 heteroatoms. The highest BCUT2D eigenvalue weighted by molar-refractivity contribution is 6.09. The number of benzene rings is 2. The maximum Gasteiger partial charge on any atom is 0.311 e. The maximum atomic E-state index is 12.2. The van der Waals surface area contributed by atoms with Crippen molar-refractivity contribution < 1.29 is 19.6 Å². The standard InChI is InChI=1S/C17H13N3O5/c1-25-14-5-3-13(4-6-14)19-17(22)12(10-18)8-11-2-7-16(21)15(9-11)20(23)24/h2-9,21H,1H3,(H,19,22)/b12-8+. The molecule has 0 aromatic heterocycles. The summed E-state index contributed by atoms with van der Waals surface area (Å²) in [5.74, 6) is -0.544. The van der Waals surface area contributed by atoms with Gasteiger partial charge in [-0.15, -0.1) is 0 Å².